The standard InChI is InChI=1S/C11H19N3O3/c1-11(2,3)17-10(16)13-9(7-15)6-8-4-5-12-14-8/h4-5,9,15H,6-7H2,1-3H3,(H,12,14)(H,13,16)/t9-/m1/s1. The molecule has 1 aromatic heterocycles. The zero-order chi connectivity index (χ0) is 12.9. The van der Waals surface area contributed by atoms with Crippen LogP contribution in [0.4, 0.5) is 4.79 Å². The molecule has 0 unspecified atom stereocenters. The van der Waals surface area contributed by atoms with Crippen molar-refractivity contribution in [2.24, 2.45) is 0 Å². The fourth-order valence-corrected chi connectivity index (χ4v) is 1.30. The van der Waals surface area contributed by atoms with E-state index in [-0.39, 0.29) is 12.6 Å². The Morgan fingerprint density at radius 3 is 2.82 bits per heavy atom. The predicted molar refractivity (Wildman–Crippen MR) is 62.5 cm³/mol. The number of hydrogen-bond acceptors (Lipinski definition) is 4. The van der Waals surface area contributed by atoms with E-state index in [0.29, 0.717) is 6.42 Å². The first kappa shape index (κ1) is 13.5. The number of nitrogens with one attached hydrogen (secondary N) is 2. The Morgan fingerprint density at radius 2 is 2.35 bits per heavy atom. The second-order valence-electron chi connectivity index (χ2n) is 4.81. The Balaban J connectivity index is 2.44. The number of nitrogens with zero attached hydrogens (tertiary/aromatic N) is 1. The van der Waals surface area contributed by atoms with Crippen molar-refractivity contribution in [2.45, 2.75) is 38.8 Å². The molecule has 0 radical (unpaired) electrons. The number of carbonyl (C=O) groups excluding carboxylic acids is 1. The molecule has 6 heteroatoms. The highest BCUT2D eigenvalue weighted by molar-refractivity contribution is 5.68. The lowest BCUT2D eigenvalue weighted by atomic mass is 10.1. The SMILES string of the molecule is CC(C)(C)OC(=O)N[C@@H](CO)Cc1ccn[nH]1. The first-order valence-corrected chi connectivity index (χ1v) is 5.49. The van der Waals surface area contributed by atoms with Crippen molar-refractivity contribution in [3.63, 3.8) is 0 Å². The lowest BCUT2D eigenvalue weighted by Crippen LogP contribution is -2.42. The number of alkyl carbamates (subject to hydrolysis) is 1. The highest BCUT2D eigenvalue weighted by Crippen LogP contribution is 2.07. The molecule has 0 aromatic carbocycles. The van der Waals surface area contributed by atoms with Crippen LogP contribution in [-0.4, -0.2) is 39.6 Å². The van der Waals surface area contributed by atoms with Crippen molar-refractivity contribution in [1.82, 2.24) is 15.5 Å². The summed E-state index contributed by atoms with van der Waals surface area (Å²) in [4.78, 5) is 11.5. The maximum Gasteiger partial charge on any atom is 0.407 e. The Kier molecular flexibility index (Phi) is 4.51. The number of rotatable bonds is 4. The first-order valence-electron chi connectivity index (χ1n) is 5.49. The van der Waals surface area contributed by atoms with Crippen LogP contribution in [0.5, 0.6) is 0 Å². The molecule has 0 fully saturated rings. The largest absolute Gasteiger partial charge is 0.444 e. The van der Waals surface area contributed by atoms with Gasteiger partial charge in [-0.3, -0.25) is 5.10 Å². The normalized spacial score (nSPS) is 13.2. The summed E-state index contributed by atoms with van der Waals surface area (Å²) in [6.45, 7) is 5.21. The van der Waals surface area contributed by atoms with Gasteiger partial charge in [-0.05, 0) is 26.8 Å². The van der Waals surface area contributed by atoms with E-state index in [1.54, 1.807) is 33.0 Å². The van der Waals surface area contributed by atoms with Crippen LogP contribution in [0.1, 0.15) is 26.5 Å². The molecule has 0 saturated carbocycles. The Hall–Kier alpha value is -1.56. The van der Waals surface area contributed by atoms with Crippen molar-refractivity contribution >= 4 is 6.09 Å². The molecule has 1 amide bonds. The van der Waals surface area contributed by atoms with Gasteiger partial charge in [0.25, 0.3) is 0 Å². The molecule has 1 aromatic rings. The molecular formula is C11H19N3O3. The molecular weight excluding hydrogens is 222 g/mol. The number of aromatic amines is 1. The Labute approximate surface area is 100 Å². The smallest absolute Gasteiger partial charge is 0.407 e. The van der Waals surface area contributed by atoms with Gasteiger partial charge < -0.3 is 15.2 Å². The maximum atomic E-state index is 11.5. The molecule has 1 heterocycles. The third-order valence-corrected chi connectivity index (χ3v) is 1.97. The van der Waals surface area contributed by atoms with E-state index in [1.165, 1.54) is 0 Å². The summed E-state index contributed by atoms with van der Waals surface area (Å²) in [6.07, 6.45) is 1.57. The quantitative estimate of drug-likeness (QED) is 0.729. The van der Waals surface area contributed by atoms with Gasteiger partial charge in [0.1, 0.15) is 5.60 Å². The molecule has 1 atom stereocenters. The predicted octanol–water partition coefficient (Wildman–Crippen LogP) is 0.838. The molecule has 17 heavy (non-hydrogen) atoms. The van der Waals surface area contributed by atoms with Crippen LogP contribution in [0.3, 0.4) is 0 Å². The van der Waals surface area contributed by atoms with Crippen molar-refractivity contribution < 1.29 is 14.6 Å². The second kappa shape index (κ2) is 5.67. The number of carbonyl (C=O) groups is 1. The van der Waals surface area contributed by atoms with E-state index in [4.69, 9.17) is 9.84 Å². The van der Waals surface area contributed by atoms with E-state index < -0.39 is 11.7 Å². The van der Waals surface area contributed by atoms with Crippen molar-refractivity contribution in [2.75, 3.05) is 6.61 Å². The zero-order valence-electron chi connectivity index (χ0n) is 10.4. The number of aliphatic hydroxyl groups excluding tert-OH is 1. The summed E-state index contributed by atoms with van der Waals surface area (Å²) in [7, 11) is 0. The van der Waals surface area contributed by atoms with Gasteiger partial charge in [-0.1, -0.05) is 0 Å². The van der Waals surface area contributed by atoms with Gasteiger partial charge >= 0.3 is 6.09 Å². The lowest BCUT2D eigenvalue weighted by Gasteiger charge is -2.22. The number of aromatic nitrogens is 2. The Morgan fingerprint density at radius 1 is 1.65 bits per heavy atom. The van der Waals surface area contributed by atoms with Crippen LogP contribution in [0.25, 0.3) is 0 Å². The van der Waals surface area contributed by atoms with Crippen LogP contribution in [0.15, 0.2) is 12.3 Å². The molecule has 0 aliphatic carbocycles. The summed E-state index contributed by atoms with van der Waals surface area (Å²) in [6, 6.07) is 1.41. The van der Waals surface area contributed by atoms with Gasteiger partial charge in [-0.25, -0.2) is 4.79 Å². The van der Waals surface area contributed by atoms with Gasteiger partial charge in [0.2, 0.25) is 0 Å². The van der Waals surface area contributed by atoms with Crippen LogP contribution in [0, 0.1) is 0 Å². The monoisotopic (exact) mass is 241 g/mol. The molecule has 0 aliphatic heterocycles. The highest BCUT2D eigenvalue weighted by Gasteiger charge is 2.19. The number of amides is 1. The van der Waals surface area contributed by atoms with Crippen molar-refractivity contribution in [3.05, 3.63) is 18.0 Å². The molecule has 1 rings (SSSR count). The number of hydrogen-bond donors (Lipinski definition) is 3. The van der Waals surface area contributed by atoms with E-state index in [9.17, 15) is 4.79 Å². The van der Waals surface area contributed by atoms with E-state index in [1.807, 2.05) is 0 Å². The van der Waals surface area contributed by atoms with Gasteiger partial charge in [-0.15, -0.1) is 0 Å². The molecule has 0 aliphatic rings. The van der Waals surface area contributed by atoms with E-state index in [0.717, 1.165) is 5.69 Å². The van der Waals surface area contributed by atoms with Crippen LogP contribution >= 0.6 is 0 Å². The minimum atomic E-state index is -0.544. The van der Waals surface area contributed by atoms with Crippen LogP contribution in [-0.2, 0) is 11.2 Å². The summed E-state index contributed by atoms with van der Waals surface area (Å²) in [5.41, 5.74) is 0.304. The molecule has 0 saturated heterocycles. The fourth-order valence-electron chi connectivity index (χ4n) is 1.30. The topological polar surface area (TPSA) is 87.2 Å². The average Bonchev–Trinajstić information content (AvgIpc) is 2.66. The zero-order valence-corrected chi connectivity index (χ0v) is 10.4. The molecule has 6 nitrogen and oxygen atoms in total. The maximum absolute atomic E-state index is 11.5. The lowest BCUT2D eigenvalue weighted by molar-refractivity contribution is 0.0482. The molecule has 3 N–H and O–H groups in total. The minimum Gasteiger partial charge on any atom is -0.444 e. The number of aliphatic hydroxyl groups is 1. The number of ether oxygens (including phenoxy) is 1. The third kappa shape index (κ3) is 5.35. The third-order valence-electron chi connectivity index (χ3n) is 1.97. The Bertz CT molecular complexity index is 343. The fraction of sp³-hybridized carbons (Fsp3) is 0.636. The molecule has 96 valence electrons. The minimum absolute atomic E-state index is 0.155. The van der Waals surface area contributed by atoms with Gasteiger partial charge in [0.15, 0.2) is 0 Å². The van der Waals surface area contributed by atoms with Gasteiger partial charge in [0, 0.05) is 18.3 Å². The van der Waals surface area contributed by atoms with Crippen molar-refractivity contribution in [1.29, 1.82) is 0 Å². The highest BCUT2D eigenvalue weighted by atomic mass is 16.6. The van der Waals surface area contributed by atoms with E-state index in [2.05, 4.69) is 15.5 Å². The van der Waals surface area contributed by atoms with Crippen LogP contribution in [0.2, 0.25) is 0 Å². The summed E-state index contributed by atoms with van der Waals surface area (Å²) < 4.78 is 5.10. The first-order chi connectivity index (χ1) is 7.90. The van der Waals surface area contributed by atoms with Gasteiger partial charge in [0.05, 0.1) is 12.6 Å². The average molecular weight is 241 g/mol. The molecule has 0 bridgehead atoms. The summed E-state index contributed by atoms with van der Waals surface area (Å²) in [5.74, 6) is 0. The summed E-state index contributed by atoms with van der Waals surface area (Å²) in [5, 5.41) is 18.3. The summed E-state index contributed by atoms with van der Waals surface area (Å²) >= 11 is 0. The van der Waals surface area contributed by atoms with Crippen molar-refractivity contribution in [3.8, 4) is 0 Å². The molecule has 0 spiro atoms. The van der Waals surface area contributed by atoms with E-state index >= 15 is 0 Å². The second-order valence-corrected chi connectivity index (χ2v) is 4.81. The van der Waals surface area contributed by atoms with Gasteiger partial charge in [-0.2, -0.15) is 5.10 Å². The van der Waals surface area contributed by atoms with Crippen LogP contribution < -0.4 is 5.32 Å². The number of H-pyrrole nitrogens is 1.